The molecule has 0 bridgehead atoms. The third-order valence-corrected chi connectivity index (χ3v) is 6.08. The van der Waals surface area contributed by atoms with Gasteiger partial charge < -0.3 is 5.32 Å². The number of aryl methyl sites for hydroxylation is 1. The standard InChI is InChI=1S/C20H26N2O3S/c1-15(2)17(4)21-20(23)14-22(18-10-8-9-16(3)13-18)26(24,25)19-11-6-5-7-12-19/h5-13,15,17H,14H2,1-4H3,(H,21,23). The van der Waals surface area contributed by atoms with Crippen LogP contribution in [0.5, 0.6) is 0 Å². The Morgan fingerprint density at radius 1 is 1.04 bits per heavy atom. The zero-order valence-corrected chi connectivity index (χ0v) is 16.5. The minimum absolute atomic E-state index is 0.0405. The van der Waals surface area contributed by atoms with Crippen LogP contribution >= 0.6 is 0 Å². The molecule has 1 unspecified atom stereocenters. The summed E-state index contributed by atoms with van der Waals surface area (Å²) >= 11 is 0. The van der Waals surface area contributed by atoms with Crippen molar-refractivity contribution in [2.24, 2.45) is 5.92 Å². The maximum Gasteiger partial charge on any atom is 0.264 e. The molecule has 0 aliphatic heterocycles. The Kier molecular flexibility index (Phi) is 6.42. The molecule has 2 aromatic carbocycles. The van der Waals surface area contributed by atoms with Crippen LogP contribution in [0.15, 0.2) is 59.5 Å². The zero-order valence-electron chi connectivity index (χ0n) is 15.6. The molecule has 2 aromatic rings. The monoisotopic (exact) mass is 374 g/mol. The van der Waals surface area contributed by atoms with Crippen LogP contribution in [0.1, 0.15) is 26.3 Å². The molecular weight excluding hydrogens is 348 g/mol. The fourth-order valence-electron chi connectivity index (χ4n) is 2.41. The molecule has 26 heavy (non-hydrogen) atoms. The van der Waals surface area contributed by atoms with Gasteiger partial charge in [-0.05, 0) is 49.6 Å². The summed E-state index contributed by atoms with van der Waals surface area (Å²) in [5.41, 5.74) is 1.40. The fourth-order valence-corrected chi connectivity index (χ4v) is 3.85. The molecule has 1 atom stereocenters. The summed E-state index contributed by atoms with van der Waals surface area (Å²) in [4.78, 5) is 12.6. The molecule has 0 saturated heterocycles. The number of anilines is 1. The Hall–Kier alpha value is -2.34. The summed E-state index contributed by atoms with van der Waals surface area (Å²) in [5, 5.41) is 2.87. The Balaban J connectivity index is 2.39. The van der Waals surface area contributed by atoms with Gasteiger partial charge in [0.2, 0.25) is 5.91 Å². The second-order valence-corrected chi connectivity index (χ2v) is 8.63. The van der Waals surface area contributed by atoms with Crippen LogP contribution in [0.3, 0.4) is 0 Å². The summed E-state index contributed by atoms with van der Waals surface area (Å²) in [7, 11) is -3.85. The molecule has 0 fully saturated rings. The predicted octanol–water partition coefficient (Wildman–Crippen LogP) is 3.35. The SMILES string of the molecule is Cc1cccc(N(CC(=O)NC(C)C(C)C)S(=O)(=O)c2ccccc2)c1. The molecule has 0 spiro atoms. The van der Waals surface area contributed by atoms with Crippen molar-refractivity contribution >= 4 is 21.6 Å². The van der Waals surface area contributed by atoms with Crippen LogP contribution in [-0.2, 0) is 14.8 Å². The molecule has 0 aliphatic rings. The molecule has 1 amide bonds. The van der Waals surface area contributed by atoms with Crippen molar-refractivity contribution in [3.8, 4) is 0 Å². The fraction of sp³-hybridized carbons (Fsp3) is 0.350. The average molecular weight is 375 g/mol. The van der Waals surface area contributed by atoms with Crippen LogP contribution in [0.25, 0.3) is 0 Å². The van der Waals surface area contributed by atoms with Gasteiger partial charge in [-0.25, -0.2) is 8.42 Å². The highest BCUT2D eigenvalue weighted by Crippen LogP contribution is 2.24. The van der Waals surface area contributed by atoms with Crippen LogP contribution in [0.2, 0.25) is 0 Å². The van der Waals surface area contributed by atoms with Gasteiger partial charge in [0.05, 0.1) is 10.6 Å². The molecule has 6 heteroatoms. The molecule has 1 N–H and O–H groups in total. The number of nitrogens with one attached hydrogen (secondary N) is 1. The van der Waals surface area contributed by atoms with Crippen molar-refractivity contribution in [1.29, 1.82) is 0 Å². The van der Waals surface area contributed by atoms with E-state index >= 15 is 0 Å². The Bertz CT molecular complexity index is 848. The van der Waals surface area contributed by atoms with E-state index in [1.807, 2.05) is 33.8 Å². The second kappa shape index (κ2) is 8.36. The average Bonchev–Trinajstić information content (AvgIpc) is 2.60. The van der Waals surface area contributed by atoms with Crippen molar-refractivity contribution in [2.75, 3.05) is 10.8 Å². The summed E-state index contributed by atoms with van der Waals surface area (Å²) < 4.78 is 27.5. The number of rotatable bonds is 7. The van der Waals surface area contributed by atoms with Crippen molar-refractivity contribution in [2.45, 2.75) is 38.6 Å². The van der Waals surface area contributed by atoms with Gasteiger partial charge in [0.15, 0.2) is 0 Å². The van der Waals surface area contributed by atoms with E-state index in [-0.39, 0.29) is 29.3 Å². The van der Waals surface area contributed by atoms with Gasteiger partial charge in [0, 0.05) is 6.04 Å². The lowest BCUT2D eigenvalue weighted by Gasteiger charge is -2.26. The largest absolute Gasteiger partial charge is 0.352 e. The van der Waals surface area contributed by atoms with Crippen molar-refractivity contribution in [1.82, 2.24) is 5.32 Å². The van der Waals surface area contributed by atoms with E-state index in [0.29, 0.717) is 5.69 Å². The molecule has 0 heterocycles. The topological polar surface area (TPSA) is 66.5 Å². The summed E-state index contributed by atoms with van der Waals surface area (Å²) in [6.45, 7) is 7.54. The lowest BCUT2D eigenvalue weighted by atomic mass is 10.1. The zero-order chi connectivity index (χ0) is 19.3. The Morgan fingerprint density at radius 2 is 1.69 bits per heavy atom. The van der Waals surface area contributed by atoms with Gasteiger partial charge in [0.1, 0.15) is 6.54 Å². The van der Waals surface area contributed by atoms with E-state index in [0.717, 1.165) is 9.87 Å². The van der Waals surface area contributed by atoms with Crippen molar-refractivity contribution < 1.29 is 13.2 Å². The molecule has 5 nitrogen and oxygen atoms in total. The minimum Gasteiger partial charge on any atom is -0.352 e. The van der Waals surface area contributed by atoms with Crippen LogP contribution in [0.4, 0.5) is 5.69 Å². The molecule has 0 aromatic heterocycles. The van der Waals surface area contributed by atoms with Crippen molar-refractivity contribution in [3.63, 3.8) is 0 Å². The van der Waals surface area contributed by atoms with Gasteiger partial charge in [-0.2, -0.15) is 0 Å². The molecule has 0 aliphatic carbocycles. The number of carbonyl (C=O) groups is 1. The first-order valence-electron chi connectivity index (χ1n) is 8.65. The van der Waals surface area contributed by atoms with E-state index in [4.69, 9.17) is 0 Å². The first-order chi connectivity index (χ1) is 12.2. The third-order valence-electron chi connectivity index (χ3n) is 4.30. The first-order valence-corrected chi connectivity index (χ1v) is 10.1. The number of hydrogen-bond donors (Lipinski definition) is 1. The number of carbonyl (C=O) groups excluding carboxylic acids is 1. The summed E-state index contributed by atoms with van der Waals surface area (Å²) in [6.07, 6.45) is 0. The van der Waals surface area contributed by atoms with Crippen LogP contribution in [-0.4, -0.2) is 26.9 Å². The van der Waals surface area contributed by atoms with E-state index < -0.39 is 10.0 Å². The number of nitrogens with zero attached hydrogens (tertiary/aromatic N) is 1. The van der Waals surface area contributed by atoms with Gasteiger partial charge >= 0.3 is 0 Å². The highest BCUT2D eigenvalue weighted by molar-refractivity contribution is 7.92. The maximum atomic E-state index is 13.1. The predicted molar refractivity (Wildman–Crippen MR) is 105 cm³/mol. The van der Waals surface area contributed by atoms with E-state index in [1.165, 1.54) is 12.1 Å². The van der Waals surface area contributed by atoms with Crippen LogP contribution < -0.4 is 9.62 Å². The lowest BCUT2D eigenvalue weighted by Crippen LogP contribution is -2.45. The van der Waals surface area contributed by atoms with E-state index in [1.54, 1.807) is 36.4 Å². The smallest absolute Gasteiger partial charge is 0.264 e. The molecular formula is C20H26N2O3S. The van der Waals surface area contributed by atoms with E-state index in [9.17, 15) is 13.2 Å². The Labute approximate surface area is 156 Å². The van der Waals surface area contributed by atoms with Gasteiger partial charge in [-0.1, -0.05) is 44.2 Å². The highest BCUT2D eigenvalue weighted by Gasteiger charge is 2.27. The molecule has 2 rings (SSSR count). The second-order valence-electron chi connectivity index (χ2n) is 6.76. The minimum atomic E-state index is -3.85. The normalized spacial score (nSPS) is 12.7. The number of hydrogen-bond acceptors (Lipinski definition) is 3. The van der Waals surface area contributed by atoms with Gasteiger partial charge in [0.25, 0.3) is 10.0 Å². The Morgan fingerprint density at radius 3 is 2.27 bits per heavy atom. The highest BCUT2D eigenvalue weighted by atomic mass is 32.2. The third kappa shape index (κ3) is 4.85. The first kappa shape index (κ1) is 20.0. The number of benzene rings is 2. The molecule has 140 valence electrons. The van der Waals surface area contributed by atoms with Gasteiger partial charge in [-0.3, -0.25) is 9.10 Å². The maximum absolute atomic E-state index is 13.1. The summed E-state index contributed by atoms with van der Waals surface area (Å²) in [6, 6.07) is 15.3. The van der Waals surface area contributed by atoms with Gasteiger partial charge in [-0.15, -0.1) is 0 Å². The summed E-state index contributed by atoms with van der Waals surface area (Å²) in [5.74, 6) is -0.0655. The lowest BCUT2D eigenvalue weighted by molar-refractivity contribution is -0.120. The molecule has 0 radical (unpaired) electrons. The molecule has 0 saturated carbocycles. The quantitative estimate of drug-likeness (QED) is 0.808. The number of sulfonamides is 1. The number of amides is 1. The van der Waals surface area contributed by atoms with E-state index in [2.05, 4.69) is 5.32 Å². The van der Waals surface area contributed by atoms with Crippen LogP contribution in [0, 0.1) is 12.8 Å². The van der Waals surface area contributed by atoms with Crippen molar-refractivity contribution in [3.05, 3.63) is 60.2 Å².